The van der Waals surface area contributed by atoms with Crippen molar-refractivity contribution in [3.05, 3.63) is 112 Å². The lowest BCUT2D eigenvalue weighted by atomic mass is 9.95. The van der Waals surface area contributed by atoms with Gasteiger partial charge >= 0.3 is 5.97 Å². The zero-order valence-corrected chi connectivity index (χ0v) is 23.1. The van der Waals surface area contributed by atoms with E-state index in [-0.39, 0.29) is 28.4 Å². The molecule has 3 heterocycles. The lowest BCUT2D eigenvalue weighted by molar-refractivity contribution is -0.384. The highest BCUT2D eigenvalue weighted by Crippen LogP contribution is 2.36. The van der Waals surface area contributed by atoms with Crippen molar-refractivity contribution in [3.63, 3.8) is 0 Å². The van der Waals surface area contributed by atoms with E-state index in [1.165, 1.54) is 29.9 Å². The van der Waals surface area contributed by atoms with Crippen LogP contribution >= 0.6 is 22.9 Å². The molecule has 2 aromatic carbocycles. The van der Waals surface area contributed by atoms with Gasteiger partial charge in [0.15, 0.2) is 4.80 Å². The summed E-state index contributed by atoms with van der Waals surface area (Å²) in [5.74, 6) is 0.569. The number of aromatic nitrogens is 1. The summed E-state index contributed by atoms with van der Waals surface area (Å²) in [7, 11) is 1.52. The van der Waals surface area contributed by atoms with Gasteiger partial charge in [-0.3, -0.25) is 19.5 Å². The zero-order valence-electron chi connectivity index (χ0n) is 21.5. The summed E-state index contributed by atoms with van der Waals surface area (Å²) < 4.78 is 18.5. The van der Waals surface area contributed by atoms with E-state index in [0.29, 0.717) is 43.4 Å². The maximum Gasteiger partial charge on any atom is 0.338 e. The molecule has 0 bridgehead atoms. The van der Waals surface area contributed by atoms with Gasteiger partial charge < -0.3 is 13.9 Å². The number of allylic oxidation sites excluding steroid dienone is 1. The van der Waals surface area contributed by atoms with E-state index in [1.54, 1.807) is 56.3 Å². The second kappa shape index (κ2) is 10.9. The number of furan rings is 1. The standard InChI is InChI=1S/C28H22ClN3O7S/c1-4-38-27(34)24-15(2)30-28-31(25(24)18-7-5-6-8-21(18)37-3)26(33)23(40-28)14-17-10-12-22(39-17)19-13-16(32(35)36)9-11-20(19)29/h5-14,25H,4H2,1-3H3/b23-14+/t25-/m1/s1. The van der Waals surface area contributed by atoms with Gasteiger partial charge in [-0.05, 0) is 38.1 Å². The van der Waals surface area contributed by atoms with Gasteiger partial charge in [0.05, 0.1) is 39.5 Å². The number of hydrogen-bond donors (Lipinski definition) is 0. The number of fused-ring (bicyclic) bond motifs is 1. The van der Waals surface area contributed by atoms with Crippen LogP contribution in [0.4, 0.5) is 5.69 Å². The number of halogens is 1. The smallest absolute Gasteiger partial charge is 0.338 e. The summed E-state index contributed by atoms with van der Waals surface area (Å²) in [6, 6.07) is 13.6. The number of para-hydroxylation sites is 1. The van der Waals surface area contributed by atoms with Crippen LogP contribution in [0.25, 0.3) is 17.4 Å². The lowest BCUT2D eigenvalue weighted by Crippen LogP contribution is -2.40. The van der Waals surface area contributed by atoms with Crippen LogP contribution in [0.3, 0.4) is 0 Å². The molecular weight excluding hydrogens is 558 g/mol. The van der Waals surface area contributed by atoms with Crippen molar-refractivity contribution in [2.45, 2.75) is 19.9 Å². The SMILES string of the molecule is CCOC(=O)C1=C(C)N=c2s/c(=C/c3ccc(-c4cc([N+](=O)[O-])ccc4Cl)o3)c(=O)n2[C@@H]1c1ccccc1OC. The van der Waals surface area contributed by atoms with Crippen LogP contribution in [0.1, 0.15) is 31.2 Å². The first-order valence-corrected chi connectivity index (χ1v) is 13.3. The third kappa shape index (κ3) is 4.85. The van der Waals surface area contributed by atoms with Crippen LogP contribution in [0.2, 0.25) is 5.02 Å². The van der Waals surface area contributed by atoms with Gasteiger partial charge in [-0.15, -0.1) is 0 Å². The normalized spacial score (nSPS) is 15.0. The summed E-state index contributed by atoms with van der Waals surface area (Å²) in [5.41, 5.74) is 1.11. The second-order valence-corrected chi connectivity index (χ2v) is 10.1. The van der Waals surface area contributed by atoms with Gasteiger partial charge in [-0.2, -0.15) is 0 Å². The van der Waals surface area contributed by atoms with E-state index >= 15 is 0 Å². The molecule has 40 heavy (non-hydrogen) atoms. The molecule has 12 heteroatoms. The molecular formula is C28H22ClN3O7S. The van der Waals surface area contributed by atoms with Gasteiger partial charge in [-0.25, -0.2) is 9.79 Å². The number of nitrogens with zero attached hydrogens (tertiary/aromatic N) is 3. The fraction of sp³-hybridized carbons (Fsp3) is 0.179. The summed E-state index contributed by atoms with van der Waals surface area (Å²) >= 11 is 7.40. The third-order valence-corrected chi connectivity index (χ3v) is 7.59. The number of non-ortho nitro benzene ring substituents is 1. The third-order valence-electron chi connectivity index (χ3n) is 6.28. The number of esters is 1. The molecule has 1 aliphatic heterocycles. The Labute approximate surface area is 236 Å². The molecule has 0 fully saturated rings. The first-order valence-electron chi connectivity index (χ1n) is 12.1. The predicted molar refractivity (Wildman–Crippen MR) is 149 cm³/mol. The Morgan fingerprint density at radius 2 is 2.02 bits per heavy atom. The molecule has 0 radical (unpaired) electrons. The average molecular weight is 580 g/mol. The number of nitro benzene ring substituents is 1. The van der Waals surface area contributed by atoms with Crippen molar-refractivity contribution in [1.82, 2.24) is 4.57 Å². The number of carbonyl (C=O) groups is 1. The maximum absolute atomic E-state index is 13.8. The lowest BCUT2D eigenvalue weighted by Gasteiger charge is -2.25. The molecule has 0 amide bonds. The van der Waals surface area contributed by atoms with Crippen molar-refractivity contribution in [3.8, 4) is 17.1 Å². The van der Waals surface area contributed by atoms with E-state index in [4.69, 9.17) is 25.5 Å². The van der Waals surface area contributed by atoms with E-state index < -0.39 is 16.9 Å². The highest BCUT2D eigenvalue weighted by molar-refractivity contribution is 7.07. The van der Waals surface area contributed by atoms with Crippen LogP contribution in [0.5, 0.6) is 5.75 Å². The number of hydrogen-bond acceptors (Lipinski definition) is 9. The number of rotatable bonds is 7. The van der Waals surface area contributed by atoms with Crippen LogP contribution in [0.15, 0.2) is 80.1 Å². The highest BCUT2D eigenvalue weighted by Gasteiger charge is 2.35. The van der Waals surface area contributed by atoms with Gasteiger partial charge in [0.25, 0.3) is 11.2 Å². The maximum atomic E-state index is 13.8. The summed E-state index contributed by atoms with van der Waals surface area (Å²) in [5, 5.41) is 11.5. The molecule has 2 aromatic heterocycles. The molecule has 0 saturated carbocycles. The Kier molecular flexibility index (Phi) is 7.42. The Hall–Kier alpha value is -4.48. The van der Waals surface area contributed by atoms with Crippen molar-refractivity contribution >= 4 is 40.7 Å². The van der Waals surface area contributed by atoms with Crippen molar-refractivity contribution in [2.24, 2.45) is 4.99 Å². The minimum atomic E-state index is -0.829. The molecule has 204 valence electrons. The quantitative estimate of drug-likeness (QED) is 0.177. The molecule has 0 aliphatic carbocycles. The summed E-state index contributed by atoms with van der Waals surface area (Å²) in [4.78, 5) is 42.5. The fourth-order valence-corrected chi connectivity index (χ4v) is 5.74. The largest absolute Gasteiger partial charge is 0.496 e. The molecule has 0 saturated heterocycles. The Morgan fingerprint density at radius 1 is 1.25 bits per heavy atom. The van der Waals surface area contributed by atoms with Gasteiger partial charge in [0.1, 0.15) is 23.3 Å². The zero-order chi connectivity index (χ0) is 28.6. The van der Waals surface area contributed by atoms with Crippen molar-refractivity contribution in [1.29, 1.82) is 0 Å². The minimum absolute atomic E-state index is 0.130. The Bertz CT molecular complexity index is 1870. The Morgan fingerprint density at radius 3 is 2.75 bits per heavy atom. The van der Waals surface area contributed by atoms with E-state index in [2.05, 4.69) is 4.99 Å². The number of carbonyl (C=O) groups excluding carboxylic acids is 1. The van der Waals surface area contributed by atoms with Crippen molar-refractivity contribution in [2.75, 3.05) is 13.7 Å². The number of nitro groups is 1. The number of thiazole rings is 1. The van der Waals surface area contributed by atoms with E-state index in [0.717, 1.165) is 11.3 Å². The van der Waals surface area contributed by atoms with Gasteiger partial charge in [-0.1, -0.05) is 41.1 Å². The number of benzene rings is 2. The first-order chi connectivity index (χ1) is 19.2. The summed E-state index contributed by atoms with van der Waals surface area (Å²) in [6.45, 7) is 3.57. The van der Waals surface area contributed by atoms with Crippen LogP contribution in [0, 0.1) is 10.1 Å². The fourth-order valence-electron chi connectivity index (χ4n) is 4.50. The molecule has 10 nitrogen and oxygen atoms in total. The van der Waals surface area contributed by atoms with Crippen LogP contribution < -0.4 is 19.6 Å². The highest BCUT2D eigenvalue weighted by atomic mass is 35.5. The van der Waals surface area contributed by atoms with Gasteiger partial charge in [0.2, 0.25) is 0 Å². The number of methoxy groups -OCH3 is 1. The van der Waals surface area contributed by atoms with E-state index in [1.807, 2.05) is 0 Å². The van der Waals surface area contributed by atoms with Crippen molar-refractivity contribution < 1.29 is 23.6 Å². The molecule has 0 unspecified atom stereocenters. The van der Waals surface area contributed by atoms with E-state index in [9.17, 15) is 19.7 Å². The average Bonchev–Trinajstić information content (AvgIpc) is 3.52. The topological polar surface area (TPSA) is 126 Å². The Balaban J connectivity index is 1.65. The monoisotopic (exact) mass is 579 g/mol. The second-order valence-electron chi connectivity index (χ2n) is 8.67. The predicted octanol–water partition coefficient (Wildman–Crippen LogP) is 4.63. The molecule has 4 aromatic rings. The molecule has 5 rings (SSSR count). The summed E-state index contributed by atoms with van der Waals surface area (Å²) in [6.07, 6.45) is 1.56. The van der Waals surface area contributed by atoms with Crippen LogP contribution in [-0.4, -0.2) is 29.2 Å². The molecule has 1 atom stereocenters. The molecule has 0 spiro atoms. The molecule has 0 N–H and O–H groups in total. The van der Waals surface area contributed by atoms with Gasteiger partial charge in [0, 0.05) is 29.3 Å². The minimum Gasteiger partial charge on any atom is -0.496 e. The van der Waals surface area contributed by atoms with Crippen LogP contribution in [-0.2, 0) is 9.53 Å². The molecule has 1 aliphatic rings. The first kappa shape index (κ1) is 27.1. The number of ether oxygens (including phenoxy) is 2.